The van der Waals surface area contributed by atoms with Gasteiger partial charge in [0, 0.05) is 12.6 Å². The zero-order chi connectivity index (χ0) is 26.1. The number of hydrogen-bond donors (Lipinski definition) is 3. The molecule has 5 nitrogen and oxygen atoms in total. The van der Waals surface area contributed by atoms with Crippen LogP contribution >= 0.6 is 0 Å². The first kappa shape index (κ1) is 26.9. The molecule has 37 heavy (non-hydrogen) atoms. The maximum Gasteiger partial charge on any atom is 0.315 e. The second-order valence-electron chi connectivity index (χ2n) is 10.6. The van der Waals surface area contributed by atoms with Crippen molar-refractivity contribution in [1.82, 2.24) is 15.5 Å². The van der Waals surface area contributed by atoms with Crippen molar-refractivity contribution in [2.45, 2.75) is 63.3 Å². The third-order valence-electron chi connectivity index (χ3n) is 7.80. The highest BCUT2D eigenvalue weighted by atomic mass is 16.3. The molecule has 5 heteroatoms. The van der Waals surface area contributed by atoms with Gasteiger partial charge in [0.25, 0.3) is 0 Å². The number of amides is 2. The molecule has 1 aliphatic carbocycles. The van der Waals surface area contributed by atoms with Crippen molar-refractivity contribution >= 4 is 6.03 Å². The number of urea groups is 1. The number of carbonyl (C=O) groups excluding carboxylic acids is 1. The van der Waals surface area contributed by atoms with E-state index in [1.165, 1.54) is 12.0 Å². The third-order valence-corrected chi connectivity index (χ3v) is 7.80. The zero-order valence-electron chi connectivity index (χ0n) is 22.1. The molecule has 3 aromatic carbocycles. The van der Waals surface area contributed by atoms with Crippen LogP contribution in [0.5, 0.6) is 0 Å². The van der Waals surface area contributed by atoms with Gasteiger partial charge in [0.15, 0.2) is 0 Å². The molecule has 2 amide bonds. The fourth-order valence-electron chi connectivity index (χ4n) is 5.55. The summed E-state index contributed by atoms with van der Waals surface area (Å²) in [5.41, 5.74) is 1.53. The van der Waals surface area contributed by atoms with E-state index in [0.717, 1.165) is 49.9 Å². The number of aliphatic hydroxyl groups is 1. The molecule has 1 saturated carbocycles. The third kappa shape index (κ3) is 7.21. The topological polar surface area (TPSA) is 64.6 Å². The summed E-state index contributed by atoms with van der Waals surface area (Å²) in [6.07, 6.45) is 5.46. The first-order chi connectivity index (χ1) is 17.9. The minimum Gasteiger partial charge on any atom is -0.378 e. The van der Waals surface area contributed by atoms with Crippen LogP contribution in [0.25, 0.3) is 0 Å². The van der Waals surface area contributed by atoms with Crippen LogP contribution in [0.1, 0.15) is 55.7 Å². The number of carbonyl (C=O) groups is 1. The van der Waals surface area contributed by atoms with Crippen LogP contribution < -0.4 is 10.6 Å². The molecule has 1 aliphatic rings. The van der Waals surface area contributed by atoms with Gasteiger partial charge in [-0.3, -0.25) is 0 Å². The number of rotatable bonds is 10. The molecule has 0 aliphatic heterocycles. The summed E-state index contributed by atoms with van der Waals surface area (Å²) in [6, 6.07) is 29.2. The summed E-state index contributed by atoms with van der Waals surface area (Å²) in [5, 5.41) is 18.1. The van der Waals surface area contributed by atoms with Crippen molar-refractivity contribution in [3.63, 3.8) is 0 Å². The number of nitrogens with zero attached hydrogens (tertiary/aromatic N) is 1. The average Bonchev–Trinajstić information content (AvgIpc) is 2.93. The lowest BCUT2D eigenvalue weighted by atomic mass is 9.81. The highest BCUT2D eigenvalue weighted by Gasteiger charge is 2.38. The fourth-order valence-corrected chi connectivity index (χ4v) is 5.55. The van der Waals surface area contributed by atoms with E-state index < -0.39 is 11.6 Å². The quantitative estimate of drug-likeness (QED) is 0.336. The van der Waals surface area contributed by atoms with Crippen LogP contribution in [0.2, 0.25) is 0 Å². The number of hydrogen-bond acceptors (Lipinski definition) is 3. The minimum absolute atomic E-state index is 0.173. The van der Waals surface area contributed by atoms with E-state index in [1.807, 2.05) is 67.6 Å². The van der Waals surface area contributed by atoms with Crippen LogP contribution in [0.15, 0.2) is 91.0 Å². The monoisotopic (exact) mass is 499 g/mol. The molecule has 0 radical (unpaired) electrons. The van der Waals surface area contributed by atoms with E-state index in [4.69, 9.17) is 0 Å². The van der Waals surface area contributed by atoms with Gasteiger partial charge in [-0.2, -0.15) is 0 Å². The maximum absolute atomic E-state index is 13.0. The van der Waals surface area contributed by atoms with Crippen LogP contribution in [0.3, 0.4) is 0 Å². The Balaban J connectivity index is 1.25. The van der Waals surface area contributed by atoms with Crippen molar-refractivity contribution in [3.8, 4) is 0 Å². The van der Waals surface area contributed by atoms with Gasteiger partial charge in [-0.05, 0) is 75.2 Å². The molecule has 4 rings (SSSR count). The average molecular weight is 500 g/mol. The zero-order valence-corrected chi connectivity index (χ0v) is 22.1. The number of benzene rings is 3. The van der Waals surface area contributed by atoms with E-state index >= 15 is 0 Å². The summed E-state index contributed by atoms with van der Waals surface area (Å²) >= 11 is 0. The molecule has 0 unspecified atom stereocenters. The first-order valence-electron chi connectivity index (χ1n) is 13.6. The molecule has 3 N–H and O–H groups in total. The second kappa shape index (κ2) is 12.9. The molecule has 3 aromatic rings. The predicted octanol–water partition coefficient (Wildman–Crippen LogP) is 5.69. The van der Waals surface area contributed by atoms with Gasteiger partial charge in [0.2, 0.25) is 0 Å². The Morgan fingerprint density at radius 1 is 0.892 bits per heavy atom. The summed E-state index contributed by atoms with van der Waals surface area (Å²) in [7, 11) is 2.19. The van der Waals surface area contributed by atoms with Gasteiger partial charge in [0.05, 0.1) is 6.04 Å². The SMILES string of the molecule is C[C@@H](NC(=O)N[C@H]1CC[C@H](CCN(C)Cc2ccccc2)CC1)C(O)(c1ccccc1)c1ccccc1. The molecule has 1 fully saturated rings. The Labute approximate surface area is 221 Å². The maximum atomic E-state index is 13.0. The number of nitrogens with one attached hydrogen (secondary N) is 2. The smallest absolute Gasteiger partial charge is 0.315 e. The van der Waals surface area contributed by atoms with Gasteiger partial charge in [-0.15, -0.1) is 0 Å². The van der Waals surface area contributed by atoms with Gasteiger partial charge in [0.1, 0.15) is 5.60 Å². The van der Waals surface area contributed by atoms with Crippen LogP contribution in [0.4, 0.5) is 4.79 Å². The summed E-state index contributed by atoms with van der Waals surface area (Å²) in [5.74, 6) is 0.708. The van der Waals surface area contributed by atoms with Crippen LogP contribution in [-0.4, -0.2) is 41.7 Å². The second-order valence-corrected chi connectivity index (χ2v) is 10.6. The summed E-state index contributed by atoms with van der Waals surface area (Å²) in [4.78, 5) is 15.4. The Kier molecular flexibility index (Phi) is 9.37. The van der Waals surface area contributed by atoms with Gasteiger partial charge in [-0.1, -0.05) is 91.0 Å². The Morgan fingerprint density at radius 3 is 1.95 bits per heavy atom. The highest BCUT2D eigenvalue weighted by molar-refractivity contribution is 5.75. The molecular formula is C32H41N3O2. The van der Waals surface area contributed by atoms with Crippen LogP contribution in [-0.2, 0) is 12.1 Å². The van der Waals surface area contributed by atoms with E-state index in [1.54, 1.807) is 0 Å². The van der Waals surface area contributed by atoms with E-state index in [-0.39, 0.29) is 12.1 Å². The predicted molar refractivity (Wildman–Crippen MR) is 150 cm³/mol. The van der Waals surface area contributed by atoms with E-state index in [2.05, 4.69) is 52.9 Å². The first-order valence-corrected chi connectivity index (χ1v) is 13.6. The molecule has 196 valence electrons. The van der Waals surface area contributed by atoms with Gasteiger partial charge < -0.3 is 20.6 Å². The molecule has 1 atom stereocenters. The lowest BCUT2D eigenvalue weighted by molar-refractivity contribution is 0.0470. The Bertz CT molecular complexity index is 1040. The van der Waals surface area contributed by atoms with E-state index in [9.17, 15) is 9.90 Å². The molecule has 0 bridgehead atoms. The highest BCUT2D eigenvalue weighted by Crippen LogP contribution is 2.33. The van der Waals surface area contributed by atoms with Crippen molar-refractivity contribution in [3.05, 3.63) is 108 Å². The Hall–Kier alpha value is -3.15. The van der Waals surface area contributed by atoms with Gasteiger partial charge in [-0.25, -0.2) is 4.79 Å². The molecular weight excluding hydrogens is 458 g/mol. The largest absolute Gasteiger partial charge is 0.378 e. The van der Waals surface area contributed by atoms with Crippen molar-refractivity contribution in [2.24, 2.45) is 5.92 Å². The van der Waals surface area contributed by atoms with Crippen molar-refractivity contribution in [2.75, 3.05) is 13.6 Å². The van der Waals surface area contributed by atoms with Crippen molar-refractivity contribution in [1.29, 1.82) is 0 Å². The lowest BCUT2D eigenvalue weighted by Crippen LogP contribution is -2.54. The standard InChI is InChI=1S/C32H41N3O2/c1-25(32(37,28-14-8-4-9-15-28)29-16-10-5-11-17-29)33-31(36)34-30-20-18-26(19-21-30)22-23-35(2)24-27-12-6-3-7-13-27/h3-17,25-26,30,37H,18-24H2,1-2H3,(H2,33,34,36)/t25-,26-,30-/m1/s1. The molecule has 0 saturated heterocycles. The Morgan fingerprint density at radius 2 is 1.41 bits per heavy atom. The summed E-state index contributed by atoms with van der Waals surface area (Å²) in [6.45, 7) is 3.93. The van der Waals surface area contributed by atoms with Gasteiger partial charge >= 0.3 is 6.03 Å². The van der Waals surface area contributed by atoms with E-state index in [0.29, 0.717) is 5.92 Å². The van der Waals surface area contributed by atoms with Crippen molar-refractivity contribution < 1.29 is 9.90 Å². The molecule has 0 heterocycles. The minimum atomic E-state index is -1.33. The summed E-state index contributed by atoms with van der Waals surface area (Å²) < 4.78 is 0. The fraction of sp³-hybridized carbons (Fsp3) is 0.406. The molecule has 0 aromatic heterocycles. The lowest BCUT2D eigenvalue weighted by Gasteiger charge is -2.36. The molecule has 0 spiro atoms. The van der Waals surface area contributed by atoms with Crippen LogP contribution in [0, 0.1) is 5.92 Å². The normalized spacial score (nSPS) is 18.8.